The molecule has 0 saturated heterocycles. The van der Waals surface area contributed by atoms with Crippen LogP contribution in [0.3, 0.4) is 0 Å². The first-order valence-corrected chi connectivity index (χ1v) is 8.99. The van der Waals surface area contributed by atoms with E-state index in [1.54, 1.807) is 0 Å². The molecule has 20 heavy (non-hydrogen) atoms. The normalized spacial score (nSPS) is 22.3. The Morgan fingerprint density at radius 3 is 2.60 bits per heavy atom. The Bertz CT molecular complexity index is 310. The maximum atomic E-state index is 11.9. The third kappa shape index (κ3) is 7.17. The Labute approximate surface area is 126 Å². The maximum Gasteiger partial charge on any atom is 0.220 e. The zero-order valence-electron chi connectivity index (χ0n) is 12.7. The molecule has 2 atom stereocenters. The van der Waals surface area contributed by atoms with Gasteiger partial charge in [0.1, 0.15) is 0 Å². The van der Waals surface area contributed by atoms with Gasteiger partial charge in [-0.25, -0.2) is 0 Å². The molecule has 1 aliphatic rings. The predicted molar refractivity (Wildman–Crippen MR) is 84.9 cm³/mol. The average Bonchev–Trinajstić information content (AvgIpc) is 2.43. The third-order valence-electron chi connectivity index (χ3n) is 3.81. The molecule has 4 nitrogen and oxygen atoms in total. The molecule has 1 fully saturated rings. The summed E-state index contributed by atoms with van der Waals surface area (Å²) < 4.78 is 0. The monoisotopic (exact) mass is 300 g/mol. The van der Waals surface area contributed by atoms with Crippen LogP contribution in [0.4, 0.5) is 0 Å². The minimum atomic E-state index is 0.0168. The van der Waals surface area contributed by atoms with Crippen LogP contribution in [0.2, 0.25) is 0 Å². The molecule has 0 aromatic heterocycles. The maximum absolute atomic E-state index is 11.9. The summed E-state index contributed by atoms with van der Waals surface area (Å²) in [7, 11) is 0. The van der Waals surface area contributed by atoms with Crippen molar-refractivity contribution in [2.45, 2.75) is 69.6 Å². The second-order valence-corrected chi connectivity index (χ2v) is 6.60. The first-order valence-electron chi connectivity index (χ1n) is 7.70. The SMILES string of the molecule is CSC1CCCCC1NC(=O)CCCCCNC(C)=O. The first kappa shape index (κ1) is 17.3. The van der Waals surface area contributed by atoms with Crippen molar-refractivity contribution in [1.29, 1.82) is 0 Å². The topological polar surface area (TPSA) is 58.2 Å². The van der Waals surface area contributed by atoms with Gasteiger partial charge in [0.2, 0.25) is 11.8 Å². The molecule has 0 bridgehead atoms. The number of hydrogen-bond donors (Lipinski definition) is 2. The zero-order chi connectivity index (χ0) is 14.8. The predicted octanol–water partition coefficient (Wildman–Crippen LogP) is 2.47. The minimum Gasteiger partial charge on any atom is -0.356 e. The van der Waals surface area contributed by atoms with E-state index in [0.717, 1.165) is 25.7 Å². The lowest BCUT2D eigenvalue weighted by atomic mass is 9.94. The molecule has 0 aliphatic heterocycles. The Morgan fingerprint density at radius 2 is 1.90 bits per heavy atom. The number of amides is 2. The van der Waals surface area contributed by atoms with E-state index in [4.69, 9.17) is 0 Å². The molecule has 0 spiro atoms. The first-order chi connectivity index (χ1) is 9.63. The number of unbranched alkanes of at least 4 members (excludes halogenated alkanes) is 2. The van der Waals surface area contributed by atoms with Gasteiger partial charge in [0.25, 0.3) is 0 Å². The molecule has 0 aromatic carbocycles. The fourth-order valence-electron chi connectivity index (χ4n) is 2.67. The largest absolute Gasteiger partial charge is 0.356 e. The molecule has 0 heterocycles. The van der Waals surface area contributed by atoms with Gasteiger partial charge in [0.15, 0.2) is 0 Å². The van der Waals surface area contributed by atoms with E-state index in [1.807, 2.05) is 11.8 Å². The van der Waals surface area contributed by atoms with Gasteiger partial charge in [-0.2, -0.15) is 11.8 Å². The average molecular weight is 300 g/mol. The molecule has 0 radical (unpaired) electrons. The Kier molecular flexibility index (Phi) is 8.74. The van der Waals surface area contributed by atoms with Crippen LogP contribution in [0.25, 0.3) is 0 Å². The summed E-state index contributed by atoms with van der Waals surface area (Å²) in [5.74, 6) is 0.207. The van der Waals surface area contributed by atoms with Gasteiger partial charge < -0.3 is 10.6 Å². The lowest BCUT2D eigenvalue weighted by molar-refractivity contribution is -0.122. The van der Waals surface area contributed by atoms with Crippen LogP contribution in [0.1, 0.15) is 58.3 Å². The lowest BCUT2D eigenvalue weighted by Gasteiger charge is -2.30. The van der Waals surface area contributed by atoms with Crippen LogP contribution in [-0.4, -0.2) is 35.9 Å². The van der Waals surface area contributed by atoms with E-state index in [-0.39, 0.29) is 11.8 Å². The molecule has 5 heteroatoms. The second-order valence-electron chi connectivity index (χ2n) is 5.53. The third-order valence-corrected chi connectivity index (χ3v) is 4.98. The summed E-state index contributed by atoms with van der Waals surface area (Å²) in [6, 6.07) is 0.366. The number of carbonyl (C=O) groups excluding carboxylic acids is 2. The fraction of sp³-hybridized carbons (Fsp3) is 0.867. The summed E-state index contributed by atoms with van der Waals surface area (Å²) in [5, 5.41) is 6.56. The summed E-state index contributed by atoms with van der Waals surface area (Å²) in [4.78, 5) is 22.6. The molecule has 2 unspecified atom stereocenters. The van der Waals surface area contributed by atoms with Crippen molar-refractivity contribution in [2.75, 3.05) is 12.8 Å². The van der Waals surface area contributed by atoms with Crippen LogP contribution in [0.5, 0.6) is 0 Å². The van der Waals surface area contributed by atoms with Crippen molar-refractivity contribution in [1.82, 2.24) is 10.6 Å². The van der Waals surface area contributed by atoms with Crippen molar-refractivity contribution in [3.8, 4) is 0 Å². The van der Waals surface area contributed by atoms with E-state index in [0.29, 0.717) is 24.3 Å². The molecular formula is C15H28N2O2S. The van der Waals surface area contributed by atoms with Crippen LogP contribution < -0.4 is 10.6 Å². The zero-order valence-corrected chi connectivity index (χ0v) is 13.6. The summed E-state index contributed by atoms with van der Waals surface area (Å²) in [6.45, 7) is 2.24. The molecule has 2 amide bonds. The van der Waals surface area contributed by atoms with Crippen LogP contribution >= 0.6 is 11.8 Å². The van der Waals surface area contributed by atoms with Gasteiger partial charge in [0, 0.05) is 31.2 Å². The van der Waals surface area contributed by atoms with Crippen LogP contribution in [-0.2, 0) is 9.59 Å². The van der Waals surface area contributed by atoms with E-state index in [9.17, 15) is 9.59 Å². The molecular weight excluding hydrogens is 272 g/mol. The minimum absolute atomic E-state index is 0.0168. The fourth-order valence-corrected chi connectivity index (χ4v) is 3.61. The summed E-state index contributed by atoms with van der Waals surface area (Å²) in [5.41, 5.74) is 0. The molecule has 116 valence electrons. The Hall–Kier alpha value is -0.710. The number of rotatable bonds is 8. The van der Waals surface area contributed by atoms with E-state index in [2.05, 4.69) is 16.9 Å². The Morgan fingerprint density at radius 1 is 1.15 bits per heavy atom. The van der Waals surface area contributed by atoms with E-state index >= 15 is 0 Å². The highest BCUT2D eigenvalue weighted by molar-refractivity contribution is 7.99. The number of carbonyl (C=O) groups is 2. The van der Waals surface area contributed by atoms with Gasteiger partial charge >= 0.3 is 0 Å². The van der Waals surface area contributed by atoms with Crippen molar-refractivity contribution in [2.24, 2.45) is 0 Å². The number of hydrogen-bond acceptors (Lipinski definition) is 3. The molecule has 0 aromatic rings. The molecule has 2 N–H and O–H groups in total. The Balaban J connectivity index is 2.08. The second kappa shape index (κ2) is 10.1. The van der Waals surface area contributed by atoms with Crippen molar-refractivity contribution in [3.63, 3.8) is 0 Å². The van der Waals surface area contributed by atoms with Gasteiger partial charge in [0.05, 0.1) is 0 Å². The standard InChI is InChI=1S/C15H28N2O2S/c1-12(18)16-11-7-3-4-10-15(19)17-13-8-5-6-9-14(13)20-2/h13-14H,3-11H2,1-2H3,(H,16,18)(H,17,19). The molecule has 1 aliphatic carbocycles. The highest BCUT2D eigenvalue weighted by atomic mass is 32.2. The number of nitrogens with one attached hydrogen (secondary N) is 2. The van der Waals surface area contributed by atoms with Gasteiger partial charge in [-0.05, 0) is 31.9 Å². The van der Waals surface area contributed by atoms with Crippen LogP contribution in [0, 0.1) is 0 Å². The van der Waals surface area contributed by atoms with Crippen molar-refractivity contribution >= 4 is 23.6 Å². The van der Waals surface area contributed by atoms with Crippen molar-refractivity contribution < 1.29 is 9.59 Å². The van der Waals surface area contributed by atoms with E-state index < -0.39 is 0 Å². The number of thioether (sulfide) groups is 1. The smallest absolute Gasteiger partial charge is 0.220 e. The molecule has 1 saturated carbocycles. The van der Waals surface area contributed by atoms with Gasteiger partial charge in [-0.1, -0.05) is 19.3 Å². The summed E-state index contributed by atoms with van der Waals surface area (Å²) in [6.07, 6.45) is 10.5. The van der Waals surface area contributed by atoms with Gasteiger partial charge in [-0.3, -0.25) is 9.59 Å². The molecule has 1 rings (SSSR count). The van der Waals surface area contributed by atoms with Crippen LogP contribution in [0.15, 0.2) is 0 Å². The lowest BCUT2D eigenvalue weighted by Crippen LogP contribution is -2.43. The highest BCUT2D eigenvalue weighted by Gasteiger charge is 2.25. The quantitative estimate of drug-likeness (QED) is 0.677. The van der Waals surface area contributed by atoms with E-state index in [1.165, 1.54) is 26.2 Å². The van der Waals surface area contributed by atoms with Gasteiger partial charge in [-0.15, -0.1) is 0 Å². The highest BCUT2D eigenvalue weighted by Crippen LogP contribution is 2.27. The summed E-state index contributed by atoms with van der Waals surface area (Å²) >= 11 is 1.88. The van der Waals surface area contributed by atoms with Crippen molar-refractivity contribution in [3.05, 3.63) is 0 Å².